The van der Waals surface area contributed by atoms with Gasteiger partial charge in [0.1, 0.15) is 0 Å². The Morgan fingerprint density at radius 2 is 1.72 bits per heavy atom. The zero-order valence-electron chi connectivity index (χ0n) is 18.3. The molecule has 6 rings (SSSR count). The zero-order valence-corrected chi connectivity index (χ0v) is 18.3. The van der Waals surface area contributed by atoms with E-state index >= 15 is 0 Å². The van der Waals surface area contributed by atoms with E-state index in [1.807, 2.05) is 0 Å². The van der Waals surface area contributed by atoms with Crippen molar-refractivity contribution in [2.45, 2.75) is 50.5 Å². The molecule has 2 atom stereocenters. The number of carboxylic acid groups (broad SMARTS) is 1. The summed E-state index contributed by atoms with van der Waals surface area (Å²) in [5, 5.41) is 15.6. The molecule has 0 radical (unpaired) electrons. The van der Waals surface area contributed by atoms with Crippen molar-refractivity contribution in [3.8, 4) is 0 Å². The van der Waals surface area contributed by atoms with E-state index < -0.39 is 5.97 Å². The minimum atomic E-state index is -1.03. The molecular formula is C25H31N3O4. The van der Waals surface area contributed by atoms with Crippen molar-refractivity contribution in [3.05, 3.63) is 35.4 Å². The number of nitrogens with zero attached hydrogens (tertiary/aromatic N) is 1. The van der Waals surface area contributed by atoms with Crippen molar-refractivity contribution in [2.24, 2.45) is 29.1 Å². The molecule has 3 N–H and O–H groups in total. The fraction of sp³-hybridized carbons (Fsp3) is 0.640. The molecule has 1 spiro atoms. The van der Waals surface area contributed by atoms with Crippen molar-refractivity contribution in [1.29, 1.82) is 0 Å². The summed E-state index contributed by atoms with van der Waals surface area (Å²) in [4.78, 5) is 38.4. The van der Waals surface area contributed by atoms with Gasteiger partial charge in [0.05, 0.1) is 5.56 Å². The molecule has 4 aliphatic carbocycles. The van der Waals surface area contributed by atoms with Crippen LogP contribution < -0.4 is 10.6 Å². The van der Waals surface area contributed by atoms with Gasteiger partial charge in [-0.15, -0.1) is 0 Å². The minimum absolute atomic E-state index is 0.0236. The molecule has 3 amide bonds. The van der Waals surface area contributed by atoms with Gasteiger partial charge in [0.2, 0.25) is 0 Å². The Hall–Kier alpha value is -2.57. The number of amides is 3. The number of piperidine rings is 1. The molecule has 1 aromatic carbocycles. The van der Waals surface area contributed by atoms with Crippen LogP contribution in [0, 0.1) is 29.1 Å². The standard InChI is InChI=1S/C25H31N3O4/c29-21(16-2-1-3-17(8-16)22(30)31)28-6-4-15(5-7-28)13-26-23(32)27-24-11-19-9-18-10-20(12-24)25(18,19)14-24/h1-3,8,15,18-20H,4-7,9-14H2,(H,30,31)(H2,26,27,32). The lowest BCUT2D eigenvalue weighted by atomic mass is 9.38. The highest BCUT2D eigenvalue weighted by Gasteiger charge is 2.77. The summed E-state index contributed by atoms with van der Waals surface area (Å²) >= 11 is 0. The van der Waals surface area contributed by atoms with Crippen LogP contribution in [0.15, 0.2) is 24.3 Å². The number of carbonyl (C=O) groups is 3. The molecule has 1 aromatic rings. The first-order valence-corrected chi connectivity index (χ1v) is 12.1. The number of hydrogen-bond donors (Lipinski definition) is 3. The summed E-state index contributed by atoms with van der Waals surface area (Å²) in [7, 11) is 0. The normalized spacial score (nSPS) is 36.6. The van der Waals surface area contributed by atoms with Gasteiger partial charge in [0.15, 0.2) is 0 Å². The number of benzene rings is 1. The quantitative estimate of drug-likeness (QED) is 0.659. The number of urea groups is 1. The minimum Gasteiger partial charge on any atom is -0.478 e. The molecule has 170 valence electrons. The molecule has 32 heavy (non-hydrogen) atoms. The molecule has 0 aromatic heterocycles. The van der Waals surface area contributed by atoms with Crippen molar-refractivity contribution >= 4 is 17.9 Å². The number of fused-ring (bicyclic) bond motifs is 1. The Morgan fingerprint density at radius 3 is 2.34 bits per heavy atom. The fourth-order valence-corrected chi connectivity index (χ4v) is 8.05. The number of nitrogens with one attached hydrogen (secondary N) is 2. The average molecular weight is 438 g/mol. The van der Waals surface area contributed by atoms with Crippen molar-refractivity contribution in [3.63, 3.8) is 0 Å². The largest absolute Gasteiger partial charge is 0.478 e. The van der Waals surface area contributed by atoms with E-state index in [1.54, 1.807) is 17.0 Å². The third kappa shape index (κ3) is 2.89. The molecule has 4 saturated carbocycles. The Bertz CT molecular complexity index is 967. The van der Waals surface area contributed by atoms with E-state index in [4.69, 9.17) is 5.11 Å². The van der Waals surface area contributed by atoms with Gasteiger partial charge in [-0.05, 0) is 92.2 Å². The van der Waals surface area contributed by atoms with E-state index in [0.717, 1.165) is 30.6 Å². The SMILES string of the molecule is O=C(NCC1CCN(C(=O)c2cccc(C(=O)O)c2)CC1)NC12CC3CC4CC(C1)C43C2. The maximum Gasteiger partial charge on any atom is 0.335 e. The predicted molar refractivity (Wildman–Crippen MR) is 117 cm³/mol. The summed E-state index contributed by atoms with van der Waals surface area (Å²) in [6, 6.07) is 6.18. The van der Waals surface area contributed by atoms with E-state index in [2.05, 4.69) is 10.6 Å². The number of carboxylic acids is 1. The van der Waals surface area contributed by atoms with Gasteiger partial charge in [0.25, 0.3) is 5.91 Å². The second-order valence-corrected chi connectivity index (χ2v) is 11.0. The van der Waals surface area contributed by atoms with Crippen LogP contribution >= 0.6 is 0 Å². The van der Waals surface area contributed by atoms with Crippen LogP contribution in [-0.2, 0) is 0 Å². The van der Waals surface area contributed by atoms with Gasteiger partial charge in [0, 0.05) is 30.7 Å². The predicted octanol–water partition coefficient (Wildman–Crippen LogP) is 3.11. The first kappa shape index (κ1) is 20.1. The molecule has 1 aliphatic heterocycles. The molecule has 1 saturated heterocycles. The van der Waals surface area contributed by atoms with Crippen molar-refractivity contribution in [2.75, 3.05) is 19.6 Å². The third-order valence-corrected chi connectivity index (χ3v) is 9.53. The third-order valence-electron chi connectivity index (χ3n) is 9.53. The number of carbonyl (C=O) groups excluding carboxylic acids is 2. The average Bonchev–Trinajstić information content (AvgIpc) is 3.24. The van der Waals surface area contributed by atoms with Gasteiger partial charge in [-0.1, -0.05) is 6.07 Å². The Balaban J connectivity index is 0.974. The zero-order chi connectivity index (χ0) is 22.1. The van der Waals surface area contributed by atoms with Crippen LogP contribution in [0.4, 0.5) is 4.79 Å². The molecule has 7 nitrogen and oxygen atoms in total. The molecule has 5 aliphatic rings. The first-order chi connectivity index (χ1) is 15.4. The maximum absolute atomic E-state index is 12.8. The number of aromatic carboxylic acids is 1. The monoisotopic (exact) mass is 437 g/mol. The number of hydrogen-bond acceptors (Lipinski definition) is 3. The highest BCUT2D eigenvalue weighted by atomic mass is 16.4. The Kier molecular flexibility index (Phi) is 4.37. The highest BCUT2D eigenvalue weighted by Crippen LogP contribution is 2.82. The Morgan fingerprint density at radius 1 is 1.03 bits per heavy atom. The second kappa shape index (κ2) is 6.96. The smallest absolute Gasteiger partial charge is 0.335 e. The lowest BCUT2D eigenvalue weighted by Gasteiger charge is -2.66. The van der Waals surface area contributed by atoms with Gasteiger partial charge in [-0.25, -0.2) is 9.59 Å². The van der Waals surface area contributed by atoms with E-state index in [9.17, 15) is 14.4 Å². The first-order valence-electron chi connectivity index (χ1n) is 12.1. The van der Waals surface area contributed by atoms with Gasteiger partial charge >= 0.3 is 12.0 Å². The van der Waals surface area contributed by atoms with Crippen LogP contribution in [0.5, 0.6) is 0 Å². The number of rotatable bonds is 5. The van der Waals surface area contributed by atoms with Gasteiger partial charge in [-0.2, -0.15) is 0 Å². The lowest BCUT2D eigenvalue weighted by molar-refractivity contribution is -0.175. The van der Waals surface area contributed by atoms with Crippen LogP contribution in [0.2, 0.25) is 0 Å². The van der Waals surface area contributed by atoms with E-state index in [-0.39, 0.29) is 23.0 Å². The van der Waals surface area contributed by atoms with E-state index in [0.29, 0.717) is 36.5 Å². The molecule has 7 heteroatoms. The summed E-state index contributed by atoms with van der Waals surface area (Å²) in [6.07, 6.45) is 8.01. The van der Waals surface area contributed by atoms with Gasteiger partial charge in [-0.3, -0.25) is 4.79 Å². The topological polar surface area (TPSA) is 98.7 Å². The van der Waals surface area contributed by atoms with Crippen LogP contribution in [0.3, 0.4) is 0 Å². The molecule has 1 heterocycles. The van der Waals surface area contributed by atoms with Crippen LogP contribution in [0.1, 0.15) is 65.7 Å². The summed E-state index contributed by atoms with van der Waals surface area (Å²) in [6.45, 7) is 1.89. The molecular weight excluding hydrogens is 406 g/mol. The maximum atomic E-state index is 12.8. The Labute approximate surface area is 187 Å². The lowest BCUT2D eigenvalue weighted by Crippen LogP contribution is -2.60. The highest BCUT2D eigenvalue weighted by molar-refractivity contribution is 5.97. The summed E-state index contributed by atoms with van der Waals surface area (Å²) in [5.41, 5.74) is 1.20. The molecule has 2 unspecified atom stereocenters. The van der Waals surface area contributed by atoms with E-state index in [1.165, 1.54) is 44.2 Å². The van der Waals surface area contributed by atoms with Crippen molar-refractivity contribution < 1.29 is 19.5 Å². The second-order valence-electron chi connectivity index (χ2n) is 11.0. The summed E-state index contributed by atoms with van der Waals surface area (Å²) in [5.74, 6) is 1.87. The fourth-order valence-electron chi connectivity index (χ4n) is 8.05. The van der Waals surface area contributed by atoms with Crippen LogP contribution in [-0.4, -0.2) is 53.1 Å². The summed E-state index contributed by atoms with van der Waals surface area (Å²) < 4.78 is 0. The molecule has 2 bridgehead atoms. The van der Waals surface area contributed by atoms with Crippen molar-refractivity contribution in [1.82, 2.24) is 15.5 Å². The number of likely N-dealkylation sites (tertiary alicyclic amines) is 1. The van der Waals surface area contributed by atoms with Crippen LogP contribution in [0.25, 0.3) is 0 Å². The van der Waals surface area contributed by atoms with Gasteiger partial charge < -0.3 is 20.6 Å². The molecule has 5 fully saturated rings.